The van der Waals surface area contributed by atoms with Crippen LogP contribution in [-0.4, -0.2) is 47.2 Å². The smallest absolute Gasteiger partial charge is 0.262 e. The molecular formula is C25H26N4OS. The Bertz CT molecular complexity index is 1310. The molecule has 4 aromatic rings. The zero-order chi connectivity index (χ0) is 20.8. The molecule has 1 aliphatic heterocycles. The number of rotatable bonds is 4. The first-order chi connectivity index (χ1) is 15.3. The highest BCUT2D eigenvalue weighted by Gasteiger charge is 2.22. The van der Waals surface area contributed by atoms with Crippen LogP contribution in [0.5, 0.6) is 0 Å². The highest BCUT2D eigenvalue weighted by Crippen LogP contribution is 2.34. The van der Waals surface area contributed by atoms with Gasteiger partial charge in [0.1, 0.15) is 4.83 Å². The number of hydrogen-bond acceptors (Lipinski definition) is 5. The molecule has 2 aliphatic rings. The van der Waals surface area contributed by atoms with Gasteiger partial charge in [-0.25, -0.2) is 4.98 Å². The van der Waals surface area contributed by atoms with Crippen LogP contribution in [0.15, 0.2) is 53.6 Å². The Balaban J connectivity index is 1.14. The molecule has 0 radical (unpaired) electrons. The first-order valence-corrected chi connectivity index (χ1v) is 12.0. The van der Waals surface area contributed by atoms with Gasteiger partial charge in [0, 0.05) is 55.2 Å². The quantitative estimate of drug-likeness (QED) is 0.492. The van der Waals surface area contributed by atoms with Gasteiger partial charge >= 0.3 is 0 Å². The molecule has 0 bridgehead atoms. The van der Waals surface area contributed by atoms with E-state index in [0.29, 0.717) is 6.54 Å². The predicted octanol–water partition coefficient (Wildman–Crippen LogP) is 3.92. The van der Waals surface area contributed by atoms with Gasteiger partial charge in [0.15, 0.2) is 0 Å². The average Bonchev–Trinajstić information content (AvgIpc) is 3.40. The van der Waals surface area contributed by atoms with Gasteiger partial charge in [-0.05, 0) is 36.3 Å². The molecule has 0 N–H and O–H groups in total. The molecule has 31 heavy (non-hydrogen) atoms. The lowest BCUT2D eigenvalue weighted by molar-refractivity contribution is 0.247. The number of hydrogen-bond donors (Lipinski definition) is 0. The van der Waals surface area contributed by atoms with Crippen LogP contribution in [0, 0.1) is 0 Å². The zero-order valence-corrected chi connectivity index (χ0v) is 18.4. The molecule has 1 fully saturated rings. The molecule has 1 aliphatic carbocycles. The third kappa shape index (κ3) is 3.34. The van der Waals surface area contributed by atoms with Crippen molar-refractivity contribution >= 4 is 38.0 Å². The topological polar surface area (TPSA) is 41.4 Å². The summed E-state index contributed by atoms with van der Waals surface area (Å²) >= 11 is 1.71. The number of piperazine rings is 1. The Morgan fingerprint density at radius 2 is 1.77 bits per heavy atom. The van der Waals surface area contributed by atoms with E-state index in [1.807, 2.05) is 4.57 Å². The summed E-state index contributed by atoms with van der Waals surface area (Å²) in [5, 5.41) is 3.51. The number of aryl methyl sites for hydroxylation is 2. The van der Waals surface area contributed by atoms with Crippen molar-refractivity contribution in [1.29, 1.82) is 0 Å². The van der Waals surface area contributed by atoms with Crippen molar-refractivity contribution in [2.75, 3.05) is 37.6 Å². The molecule has 3 heterocycles. The molecule has 0 unspecified atom stereocenters. The number of benzene rings is 2. The minimum absolute atomic E-state index is 0.152. The van der Waals surface area contributed by atoms with Crippen molar-refractivity contribution in [2.24, 2.45) is 0 Å². The molecule has 0 spiro atoms. The Morgan fingerprint density at radius 1 is 0.935 bits per heavy atom. The first kappa shape index (κ1) is 19.0. The van der Waals surface area contributed by atoms with Crippen LogP contribution < -0.4 is 10.5 Å². The van der Waals surface area contributed by atoms with E-state index >= 15 is 0 Å². The van der Waals surface area contributed by atoms with Crippen molar-refractivity contribution in [3.05, 3.63) is 69.6 Å². The summed E-state index contributed by atoms with van der Waals surface area (Å²) in [5.41, 5.74) is 2.75. The Kier molecular flexibility index (Phi) is 4.77. The predicted molar refractivity (Wildman–Crippen MR) is 129 cm³/mol. The molecule has 0 amide bonds. The summed E-state index contributed by atoms with van der Waals surface area (Å²) in [6.07, 6.45) is 5.07. The highest BCUT2D eigenvalue weighted by atomic mass is 32.1. The van der Waals surface area contributed by atoms with E-state index in [1.54, 1.807) is 17.7 Å². The second kappa shape index (κ2) is 7.77. The standard InChI is InChI=1S/C25H26N4OS/c30-25-23-20-8-4-10-22(20)31-24(23)26-17-29(25)16-13-27-11-14-28(15-12-27)21-9-3-6-18-5-1-2-7-19(18)21/h1-3,5-7,9,17H,4,8,10-16H2. The number of fused-ring (bicyclic) bond motifs is 4. The van der Waals surface area contributed by atoms with Gasteiger partial charge in [0.25, 0.3) is 5.56 Å². The fourth-order valence-corrected chi connectivity index (χ4v) is 6.34. The molecule has 6 heteroatoms. The van der Waals surface area contributed by atoms with Crippen LogP contribution >= 0.6 is 11.3 Å². The van der Waals surface area contributed by atoms with E-state index in [9.17, 15) is 4.79 Å². The molecule has 158 valence electrons. The minimum Gasteiger partial charge on any atom is -0.368 e. The first-order valence-electron chi connectivity index (χ1n) is 11.2. The summed E-state index contributed by atoms with van der Waals surface area (Å²) < 4.78 is 1.82. The number of anilines is 1. The molecule has 2 aromatic heterocycles. The Labute approximate surface area is 185 Å². The van der Waals surface area contributed by atoms with Gasteiger partial charge < -0.3 is 4.90 Å². The van der Waals surface area contributed by atoms with Gasteiger partial charge in [-0.1, -0.05) is 36.4 Å². The molecular weight excluding hydrogens is 404 g/mol. The van der Waals surface area contributed by atoms with Crippen molar-refractivity contribution in [3.63, 3.8) is 0 Å². The normalized spacial score (nSPS) is 17.0. The largest absolute Gasteiger partial charge is 0.368 e. The van der Waals surface area contributed by atoms with Crippen LogP contribution in [0.25, 0.3) is 21.0 Å². The van der Waals surface area contributed by atoms with E-state index in [2.05, 4.69) is 57.2 Å². The second-order valence-electron chi connectivity index (χ2n) is 8.61. The zero-order valence-electron chi connectivity index (χ0n) is 17.6. The summed E-state index contributed by atoms with van der Waals surface area (Å²) in [7, 11) is 0. The van der Waals surface area contributed by atoms with Crippen LogP contribution in [0.1, 0.15) is 16.9 Å². The third-order valence-corrected chi connectivity index (χ3v) is 8.03. The summed E-state index contributed by atoms with van der Waals surface area (Å²) in [4.78, 5) is 25.0. The average molecular weight is 431 g/mol. The maximum absolute atomic E-state index is 13.1. The summed E-state index contributed by atoms with van der Waals surface area (Å²) in [5.74, 6) is 0. The van der Waals surface area contributed by atoms with Crippen LogP contribution in [0.2, 0.25) is 0 Å². The summed E-state index contributed by atoms with van der Waals surface area (Å²) in [6, 6.07) is 15.2. The van der Waals surface area contributed by atoms with Crippen molar-refractivity contribution in [1.82, 2.24) is 14.5 Å². The van der Waals surface area contributed by atoms with Crippen LogP contribution in [-0.2, 0) is 19.4 Å². The van der Waals surface area contributed by atoms with Crippen molar-refractivity contribution < 1.29 is 0 Å². The molecule has 2 aromatic carbocycles. The lowest BCUT2D eigenvalue weighted by Crippen LogP contribution is -2.47. The van der Waals surface area contributed by atoms with Gasteiger partial charge in [0.05, 0.1) is 11.7 Å². The van der Waals surface area contributed by atoms with Gasteiger partial charge in [-0.15, -0.1) is 11.3 Å². The third-order valence-electron chi connectivity index (χ3n) is 6.83. The highest BCUT2D eigenvalue weighted by molar-refractivity contribution is 7.18. The lowest BCUT2D eigenvalue weighted by atomic mass is 10.1. The van der Waals surface area contributed by atoms with E-state index in [4.69, 9.17) is 0 Å². The van der Waals surface area contributed by atoms with E-state index in [0.717, 1.165) is 55.8 Å². The molecule has 6 rings (SSSR count). The maximum atomic E-state index is 13.1. The Hall–Kier alpha value is -2.70. The number of nitrogens with zero attached hydrogens (tertiary/aromatic N) is 4. The summed E-state index contributed by atoms with van der Waals surface area (Å²) in [6.45, 7) is 5.66. The maximum Gasteiger partial charge on any atom is 0.262 e. The van der Waals surface area contributed by atoms with Crippen LogP contribution in [0.4, 0.5) is 5.69 Å². The number of thiophene rings is 1. The van der Waals surface area contributed by atoms with Gasteiger partial charge in [-0.2, -0.15) is 0 Å². The fourth-order valence-electron chi connectivity index (χ4n) is 5.12. The van der Waals surface area contributed by atoms with Crippen molar-refractivity contribution in [2.45, 2.75) is 25.8 Å². The molecule has 0 saturated carbocycles. The lowest BCUT2D eigenvalue weighted by Gasteiger charge is -2.36. The van der Waals surface area contributed by atoms with Crippen molar-refractivity contribution in [3.8, 4) is 0 Å². The molecule has 0 atom stereocenters. The van der Waals surface area contributed by atoms with Gasteiger partial charge in [0.2, 0.25) is 0 Å². The van der Waals surface area contributed by atoms with E-state index in [1.165, 1.54) is 33.3 Å². The molecule has 5 nitrogen and oxygen atoms in total. The SMILES string of the molecule is O=c1c2c3c(sc2ncn1CCN1CCN(c2cccc4ccccc24)CC1)CCC3. The van der Waals surface area contributed by atoms with E-state index in [-0.39, 0.29) is 5.56 Å². The fraction of sp³-hybridized carbons (Fsp3) is 0.360. The monoisotopic (exact) mass is 430 g/mol. The van der Waals surface area contributed by atoms with E-state index < -0.39 is 0 Å². The van der Waals surface area contributed by atoms with Crippen LogP contribution in [0.3, 0.4) is 0 Å². The number of aromatic nitrogens is 2. The second-order valence-corrected chi connectivity index (χ2v) is 9.69. The molecule has 1 saturated heterocycles. The van der Waals surface area contributed by atoms with Gasteiger partial charge in [-0.3, -0.25) is 14.3 Å². The minimum atomic E-state index is 0.152. The Morgan fingerprint density at radius 3 is 2.68 bits per heavy atom.